The number of hydrogen-bond donors (Lipinski definition) is 0. The molecule has 0 amide bonds. The summed E-state index contributed by atoms with van der Waals surface area (Å²) in [4.78, 5) is 11.8. The average molecular weight is 263 g/mol. The summed E-state index contributed by atoms with van der Waals surface area (Å²) < 4.78 is 4.85. The molecule has 0 saturated heterocycles. The molecule has 0 heterocycles. The first-order valence-electron chi connectivity index (χ1n) is 5.84. The van der Waals surface area contributed by atoms with Crippen LogP contribution in [-0.4, -0.2) is 13.1 Å². The normalized spacial score (nSPS) is 18.9. The predicted octanol–water partition coefficient (Wildman–Crippen LogP) is 3.69. The number of esters is 1. The molecule has 0 radical (unpaired) electrons. The van der Waals surface area contributed by atoms with Crippen LogP contribution in [0.25, 0.3) is 5.57 Å². The molecular weight excluding hydrogens is 248 g/mol. The predicted molar refractivity (Wildman–Crippen MR) is 73.2 cm³/mol. The molecule has 1 aliphatic rings. The van der Waals surface area contributed by atoms with Crippen LogP contribution in [0, 0.1) is 12.8 Å². The molecule has 3 heteroatoms. The van der Waals surface area contributed by atoms with Gasteiger partial charge in [-0.2, -0.15) is 0 Å². The summed E-state index contributed by atoms with van der Waals surface area (Å²) in [5.41, 5.74) is 3.13. The number of ether oxygens (including phenoxy) is 1. The SMILES string of the molecule is COC(=O)C1CC=C(Cl)C=C1c1ccc(C)cc1. The van der Waals surface area contributed by atoms with Crippen molar-refractivity contribution in [1.29, 1.82) is 0 Å². The van der Waals surface area contributed by atoms with Crippen molar-refractivity contribution >= 4 is 23.1 Å². The smallest absolute Gasteiger partial charge is 0.313 e. The van der Waals surface area contributed by atoms with E-state index in [1.807, 2.05) is 43.3 Å². The van der Waals surface area contributed by atoms with Gasteiger partial charge in [-0.15, -0.1) is 0 Å². The summed E-state index contributed by atoms with van der Waals surface area (Å²) in [5, 5.41) is 0.672. The molecule has 0 spiro atoms. The Morgan fingerprint density at radius 2 is 2.00 bits per heavy atom. The van der Waals surface area contributed by atoms with E-state index in [9.17, 15) is 4.79 Å². The summed E-state index contributed by atoms with van der Waals surface area (Å²) in [5.74, 6) is -0.484. The molecule has 0 fully saturated rings. The third-order valence-electron chi connectivity index (χ3n) is 3.09. The van der Waals surface area contributed by atoms with Crippen LogP contribution in [-0.2, 0) is 9.53 Å². The van der Waals surface area contributed by atoms with Crippen molar-refractivity contribution < 1.29 is 9.53 Å². The Morgan fingerprint density at radius 1 is 1.33 bits per heavy atom. The molecule has 94 valence electrons. The van der Waals surface area contributed by atoms with Crippen molar-refractivity contribution in [3.05, 3.63) is 52.6 Å². The van der Waals surface area contributed by atoms with Crippen molar-refractivity contribution in [2.45, 2.75) is 13.3 Å². The zero-order valence-electron chi connectivity index (χ0n) is 10.4. The van der Waals surface area contributed by atoms with Crippen LogP contribution in [0.3, 0.4) is 0 Å². The largest absolute Gasteiger partial charge is 0.469 e. The highest BCUT2D eigenvalue weighted by Crippen LogP contribution is 2.34. The maximum Gasteiger partial charge on any atom is 0.313 e. The van der Waals surface area contributed by atoms with Crippen LogP contribution in [0.1, 0.15) is 17.5 Å². The van der Waals surface area contributed by atoms with Gasteiger partial charge in [0.25, 0.3) is 0 Å². The molecule has 2 nitrogen and oxygen atoms in total. The van der Waals surface area contributed by atoms with E-state index < -0.39 is 0 Å². The van der Waals surface area contributed by atoms with Gasteiger partial charge in [-0.3, -0.25) is 4.79 Å². The lowest BCUT2D eigenvalue weighted by molar-refractivity contribution is -0.143. The molecule has 0 aliphatic heterocycles. The number of rotatable bonds is 2. The monoisotopic (exact) mass is 262 g/mol. The highest BCUT2D eigenvalue weighted by atomic mass is 35.5. The van der Waals surface area contributed by atoms with Gasteiger partial charge in [-0.25, -0.2) is 0 Å². The zero-order chi connectivity index (χ0) is 13.1. The van der Waals surface area contributed by atoms with E-state index in [4.69, 9.17) is 16.3 Å². The Balaban J connectivity index is 2.39. The number of aryl methyl sites for hydroxylation is 1. The minimum absolute atomic E-state index is 0.220. The van der Waals surface area contributed by atoms with Gasteiger partial charge < -0.3 is 4.74 Å². The second kappa shape index (κ2) is 5.40. The van der Waals surface area contributed by atoms with Gasteiger partial charge in [0, 0.05) is 5.03 Å². The van der Waals surface area contributed by atoms with Crippen LogP contribution in [0.5, 0.6) is 0 Å². The van der Waals surface area contributed by atoms with Crippen molar-refractivity contribution in [1.82, 2.24) is 0 Å². The van der Waals surface area contributed by atoms with Crippen molar-refractivity contribution in [3.8, 4) is 0 Å². The molecule has 0 bridgehead atoms. The Morgan fingerprint density at radius 3 is 2.61 bits per heavy atom. The summed E-state index contributed by atoms with van der Waals surface area (Å²) in [7, 11) is 1.41. The van der Waals surface area contributed by atoms with E-state index in [2.05, 4.69) is 0 Å². The molecule has 0 N–H and O–H groups in total. The summed E-state index contributed by atoms with van der Waals surface area (Å²) in [6.45, 7) is 2.03. The van der Waals surface area contributed by atoms with Gasteiger partial charge in [0.1, 0.15) is 0 Å². The van der Waals surface area contributed by atoms with E-state index in [0.29, 0.717) is 11.5 Å². The molecule has 0 saturated carbocycles. The molecule has 18 heavy (non-hydrogen) atoms. The first kappa shape index (κ1) is 12.9. The molecular formula is C15H15ClO2. The number of benzene rings is 1. The van der Waals surface area contributed by atoms with Gasteiger partial charge in [-0.05, 0) is 30.6 Å². The van der Waals surface area contributed by atoms with E-state index in [-0.39, 0.29) is 11.9 Å². The average Bonchev–Trinajstić information content (AvgIpc) is 2.38. The van der Waals surface area contributed by atoms with Gasteiger partial charge in [0.2, 0.25) is 0 Å². The lowest BCUT2D eigenvalue weighted by atomic mass is 9.86. The Hall–Kier alpha value is -1.54. The van der Waals surface area contributed by atoms with E-state index in [1.165, 1.54) is 12.7 Å². The highest BCUT2D eigenvalue weighted by Gasteiger charge is 2.26. The fraction of sp³-hybridized carbons (Fsp3) is 0.267. The third kappa shape index (κ3) is 2.65. The lowest BCUT2D eigenvalue weighted by Gasteiger charge is -2.20. The molecule has 2 rings (SSSR count). The minimum atomic E-state index is -0.264. The number of methoxy groups -OCH3 is 1. The number of allylic oxidation sites excluding steroid dienone is 3. The Bertz CT molecular complexity index is 512. The van der Waals surface area contributed by atoms with Crippen molar-refractivity contribution in [3.63, 3.8) is 0 Å². The number of halogens is 1. The fourth-order valence-electron chi connectivity index (χ4n) is 2.06. The fourth-order valence-corrected chi connectivity index (χ4v) is 2.27. The molecule has 1 unspecified atom stereocenters. The maximum absolute atomic E-state index is 11.8. The second-order valence-electron chi connectivity index (χ2n) is 4.37. The van der Waals surface area contributed by atoms with Crippen LogP contribution in [0.15, 0.2) is 41.4 Å². The third-order valence-corrected chi connectivity index (χ3v) is 3.35. The lowest BCUT2D eigenvalue weighted by Crippen LogP contribution is -2.19. The first-order chi connectivity index (χ1) is 8.61. The zero-order valence-corrected chi connectivity index (χ0v) is 11.2. The molecule has 1 aromatic carbocycles. The summed E-state index contributed by atoms with van der Waals surface area (Å²) >= 11 is 6.04. The standard InChI is InChI=1S/C15H15ClO2/c1-10-3-5-11(6-4-10)14-9-12(16)7-8-13(14)15(17)18-2/h3-7,9,13H,8H2,1-2H3. The summed E-state index contributed by atoms with van der Waals surface area (Å²) in [6.07, 6.45) is 4.28. The van der Waals surface area contributed by atoms with Gasteiger partial charge in [0.05, 0.1) is 13.0 Å². The molecule has 1 aromatic rings. The first-order valence-corrected chi connectivity index (χ1v) is 6.21. The van der Waals surface area contributed by atoms with E-state index in [1.54, 1.807) is 0 Å². The second-order valence-corrected chi connectivity index (χ2v) is 4.80. The number of carbonyl (C=O) groups excluding carboxylic acids is 1. The van der Waals surface area contributed by atoms with Crippen molar-refractivity contribution in [2.24, 2.45) is 5.92 Å². The van der Waals surface area contributed by atoms with Crippen LogP contribution >= 0.6 is 11.6 Å². The van der Waals surface area contributed by atoms with E-state index >= 15 is 0 Å². The van der Waals surface area contributed by atoms with Crippen LogP contribution in [0.2, 0.25) is 0 Å². The number of hydrogen-bond acceptors (Lipinski definition) is 2. The quantitative estimate of drug-likeness (QED) is 0.760. The van der Waals surface area contributed by atoms with Gasteiger partial charge in [0.15, 0.2) is 0 Å². The topological polar surface area (TPSA) is 26.3 Å². The molecule has 0 aromatic heterocycles. The number of carbonyl (C=O) groups is 1. The van der Waals surface area contributed by atoms with Crippen LogP contribution in [0.4, 0.5) is 0 Å². The van der Waals surface area contributed by atoms with Crippen LogP contribution < -0.4 is 0 Å². The molecule has 1 atom stereocenters. The maximum atomic E-state index is 11.8. The highest BCUT2D eigenvalue weighted by molar-refractivity contribution is 6.32. The summed E-state index contributed by atoms with van der Waals surface area (Å²) in [6, 6.07) is 8.06. The van der Waals surface area contributed by atoms with E-state index in [0.717, 1.165) is 11.1 Å². The Labute approximate surface area is 112 Å². The Kier molecular flexibility index (Phi) is 3.87. The minimum Gasteiger partial charge on any atom is -0.469 e. The molecule has 1 aliphatic carbocycles. The van der Waals surface area contributed by atoms with Gasteiger partial charge >= 0.3 is 5.97 Å². The van der Waals surface area contributed by atoms with Crippen molar-refractivity contribution in [2.75, 3.05) is 7.11 Å². The van der Waals surface area contributed by atoms with Gasteiger partial charge in [-0.1, -0.05) is 47.5 Å².